The standard InChI is InChI=1S/C26H24N2O5/c1-3-32-26(31)15-8-10-16(11-9-15)28-24(29)19-17-12-18(20(19)25(28)30)23-21(17)22(27-33-23)14-6-4-13(2)5-7-14/h4-11,17-21,23H,3,12H2,1-2H3. The van der Waals surface area contributed by atoms with Gasteiger partial charge in [0.1, 0.15) is 6.10 Å². The molecule has 2 bridgehead atoms. The minimum absolute atomic E-state index is 0.0167. The maximum absolute atomic E-state index is 13.5. The van der Waals surface area contributed by atoms with E-state index in [4.69, 9.17) is 9.57 Å². The topological polar surface area (TPSA) is 85.3 Å². The van der Waals surface area contributed by atoms with E-state index in [0.717, 1.165) is 17.7 Å². The quantitative estimate of drug-likeness (QED) is 0.533. The Morgan fingerprint density at radius 1 is 1.00 bits per heavy atom. The van der Waals surface area contributed by atoms with Crippen LogP contribution < -0.4 is 4.90 Å². The number of amides is 2. The number of nitrogens with zero attached hydrogens (tertiary/aromatic N) is 2. The zero-order valence-electron chi connectivity index (χ0n) is 18.4. The van der Waals surface area contributed by atoms with Crippen molar-refractivity contribution in [3.05, 3.63) is 65.2 Å². The molecule has 7 nitrogen and oxygen atoms in total. The number of carbonyl (C=O) groups excluding carboxylic acids is 3. The van der Waals surface area contributed by atoms with Crippen LogP contribution in [0.1, 0.15) is 34.8 Å². The fraction of sp³-hybridized carbons (Fsp3) is 0.385. The number of rotatable bonds is 4. The maximum atomic E-state index is 13.5. The molecular formula is C26H24N2O5. The first kappa shape index (κ1) is 20.1. The summed E-state index contributed by atoms with van der Waals surface area (Å²) in [6.07, 6.45) is 0.651. The fourth-order valence-electron chi connectivity index (χ4n) is 6.30. The molecule has 6 atom stereocenters. The van der Waals surface area contributed by atoms with E-state index in [0.29, 0.717) is 11.3 Å². The number of benzene rings is 2. The molecule has 3 fully saturated rings. The van der Waals surface area contributed by atoms with E-state index in [-0.39, 0.29) is 54.1 Å². The van der Waals surface area contributed by atoms with Gasteiger partial charge in [-0.25, -0.2) is 4.79 Å². The Morgan fingerprint density at radius 3 is 2.33 bits per heavy atom. The lowest BCUT2D eigenvalue weighted by Crippen LogP contribution is -2.41. The van der Waals surface area contributed by atoms with Crippen molar-refractivity contribution in [2.75, 3.05) is 11.5 Å². The van der Waals surface area contributed by atoms with Crippen LogP contribution in [0.4, 0.5) is 5.69 Å². The maximum Gasteiger partial charge on any atom is 0.338 e. The van der Waals surface area contributed by atoms with E-state index >= 15 is 0 Å². The van der Waals surface area contributed by atoms with Crippen molar-refractivity contribution in [2.45, 2.75) is 26.4 Å². The van der Waals surface area contributed by atoms with Gasteiger partial charge in [0.25, 0.3) is 0 Å². The Hall–Kier alpha value is -3.48. The number of imide groups is 1. The lowest BCUT2D eigenvalue weighted by Gasteiger charge is -2.29. The van der Waals surface area contributed by atoms with Crippen molar-refractivity contribution >= 4 is 29.2 Å². The minimum atomic E-state index is -0.425. The highest BCUT2D eigenvalue weighted by Gasteiger charge is 2.70. The molecular weight excluding hydrogens is 420 g/mol. The fourth-order valence-corrected chi connectivity index (χ4v) is 6.30. The van der Waals surface area contributed by atoms with Gasteiger partial charge >= 0.3 is 5.97 Å². The summed E-state index contributed by atoms with van der Waals surface area (Å²) in [5, 5.41) is 4.39. The van der Waals surface area contributed by atoms with Crippen molar-refractivity contribution in [2.24, 2.45) is 34.7 Å². The first-order chi connectivity index (χ1) is 16.0. The van der Waals surface area contributed by atoms with Gasteiger partial charge in [0.05, 0.1) is 35.4 Å². The zero-order valence-corrected chi connectivity index (χ0v) is 18.4. The smallest absolute Gasteiger partial charge is 0.338 e. The van der Waals surface area contributed by atoms with E-state index in [2.05, 4.69) is 5.16 Å². The van der Waals surface area contributed by atoms with E-state index in [1.54, 1.807) is 31.2 Å². The van der Waals surface area contributed by atoms with Crippen LogP contribution in [0.5, 0.6) is 0 Å². The molecule has 6 rings (SSSR count). The summed E-state index contributed by atoms with van der Waals surface area (Å²) in [6, 6.07) is 14.7. The number of aryl methyl sites for hydroxylation is 1. The summed E-state index contributed by atoms with van der Waals surface area (Å²) in [5.74, 6) is -1.44. The molecule has 4 aliphatic rings. The van der Waals surface area contributed by atoms with Crippen molar-refractivity contribution in [1.29, 1.82) is 0 Å². The average molecular weight is 444 g/mol. The molecule has 0 aromatic heterocycles. The Balaban J connectivity index is 1.28. The Labute approximate surface area is 191 Å². The van der Waals surface area contributed by atoms with Gasteiger partial charge in [-0.2, -0.15) is 0 Å². The van der Waals surface area contributed by atoms with Gasteiger partial charge in [-0.05, 0) is 56.0 Å². The highest BCUT2D eigenvalue weighted by atomic mass is 16.6. The molecule has 7 heteroatoms. The average Bonchev–Trinajstić information content (AvgIpc) is 3.55. The van der Waals surface area contributed by atoms with Crippen LogP contribution >= 0.6 is 0 Å². The molecule has 2 aliphatic heterocycles. The number of ether oxygens (including phenoxy) is 1. The van der Waals surface area contributed by atoms with Gasteiger partial charge in [-0.3, -0.25) is 14.5 Å². The van der Waals surface area contributed by atoms with Crippen LogP contribution in [0.3, 0.4) is 0 Å². The highest BCUT2D eigenvalue weighted by Crippen LogP contribution is 2.62. The van der Waals surface area contributed by atoms with Crippen molar-refractivity contribution in [3.8, 4) is 0 Å². The monoisotopic (exact) mass is 444 g/mol. The summed E-state index contributed by atoms with van der Waals surface area (Å²) >= 11 is 0. The number of oxime groups is 1. The lowest BCUT2D eigenvalue weighted by atomic mass is 9.71. The molecule has 6 unspecified atom stereocenters. The molecule has 2 aromatic rings. The molecule has 168 valence electrons. The molecule has 1 saturated heterocycles. The summed E-state index contributed by atoms with van der Waals surface area (Å²) in [4.78, 5) is 46.0. The number of hydrogen-bond acceptors (Lipinski definition) is 6. The second kappa shape index (κ2) is 7.27. The van der Waals surface area contributed by atoms with Gasteiger partial charge in [0, 0.05) is 11.8 Å². The van der Waals surface area contributed by atoms with Crippen LogP contribution in [-0.4, -0.2) is 36.2 Å². The van der Waals surface area contributed by atoms with Crippen LogP contribution in [0.15, 0.2) is 53.7 Å². The second-order valence-corrected chi connectivity index (χ2v) is 9.33. The molecule has 2 amide bonds. The minimum Gasteiger partial charge on any atom is -0.462 e. The lowest BCUT2D eigenvalue weighted by molar-refractivity contribution is -0.125. The summed E-state index contributed by atoms with van der Waals surface area (Å²) < 4.78 is 5.02. The van der Waals surface area contributed by atoms with Crippen molar-refractivity contribution < 1.29 is 24.0 Å². The number of esters is 1. The molecule has 2 heterocycles. The van der Waals surface area contributed by atoms with E-state index in [9.17, 15) is 14.4 Å². The first-order valence-corrected chi connectivity index (χ1v) is 11.5. The second-order valence-electron chi connectivity index (χ2n) is 9.33. The number of hydrogen-bond donors (Lipinski definition) is 0. The van der Waals surface area contributed by atoms with Crippen LogP contribution in [0, 0.1) is 36.5 Å². The van der Waals surface area contributed by atoms with Crippen molar-refractivity contribution in [1.82, 2.24) is 0 Å². The molecule has 0 radical (unpaired) electrons. The number of anilines is 1. The van der Waals surface area contributed by atoms with Gasteiger partial charge in [-0.1, -0.05) is 35.0 Å². The van der Waals surface area contributed by atoms with Crippen molar-refractivity contribution in [3.63, 3.8) is 0 Å². The SMILES string of the molecule is CCOC(=O)c1ccc(N2C(=O)C3C4CC(C5C(c6ccc(C)cc6)=NOC45)C3C2=O)cc1. The third-order valence-corrected chi connectivity index (χ3v) is 7.67. The normalized spacial score (nSPS) is 31.3. The summed E-state index contributed by atoms with van der Waals surface area (Å²) in [5.41, 5.74) is 3.96. The Kier molecular flexibility index (Phi) is 4.44. The predicted octanol–water partition coefficient (Wildman–Crippen LogP) is 3.35. The van der Waals surface area contributed by atoms with Crippen LogP contribution in [0.2, 0.25) is 0 Å². The number of fused-ring (bicyclic) bond motifs is 8. The van der Waals surface area contributed by atoms with E-state index in [1.807, 2.05) is 31.2 Å². The van der Waals surface area contributed by atoms with Crippen LogP contribution in [0.25, 0.3) is 0 Å². The molecule has 2 aromatic carbocycles. The van der Waals surface area contributed by atoms with Gasteiger partial charge in [0.2, 0.25) is 11.8 Å². The van der Waals surface area contributed by atoms with E-state index < -0.39 is 5.97 Å². The Morgan fingerprint density at radius 2 is 1.67 bits per heavy atom. The van der Waals surface area contributed by atoms with E-state index in [1.165, 1.54) is 10.5 Å². The third kappa shape index (κ3) is 2.81. The molecule has 2 saturated carbocycles. The third-order valence-electron chi connectivity index (χ3n) is 7.67. The Bertz CT molecular complexity index is 1190. The first-order valence-electron chi connectivity index (χ1n) is 11.5. The van der Waals surface area contributed by atoms with Gasteiger partial charge in [0.15, 0.2) is 0 Å². The molecule has 0 N–H and O–H groups in total. The van der Waals surface area contributed by atoms with Crippen LogP contribution in [-0.2, 0) is 19.2 Å². The highest BCUT2D eigenvalue weighted by molar-refractivity contribution is 6.23. The molecule has 2 aliphatic carbocycles. The zero-order chi connectivity index (χ0) is 22.9. The van der Waals surface area contributed by atoms with Gasteiger partial charge < -0.3 is 9.57 Å². The largest absolute Gasteiger partial charge is 0.462 e. The van der Waals surface area contributed by atoms with Gasteiger partial charge in [-0.15, -0.1) is 0 Å². The molecule has 33 heavy (non-hydrogen) atoms. The summed E-state index contributed by atoms with van der Waals surface area (Å²) in [7, 11) is 0. The summed E-state index contributed by atoms with van der Waals surface area (Å²) in [6.45, 7) is 4.07. The number of carbonyl (C=O) groups is 3. The predicted molar refractivity (Wildman–Crippen MR) is 120 cm³/mol. The molecule has 0 spiro atoms.